The lowest BCUT2D eigenvalue weighted by Gasteiger charge is -2.05. The summed E-state index contributed by atoms with van der Waals surface area (Å²) >= 11 is 3.31. The molecule has 0 amide bonds. The lowest BCUT2D eigenvalue weighted by Crippen LogP contribution is -2.10. The molecular formula is C12H9BrFNO. The molecule has 0 spiro atoms. The third-order valence-corrected chi connectivity index (χ3v) is 2.91. The molecule has 0 aliphatic carbocycles. The minimum absolute atomic E-state index is 0.206. The van der Waals surface area contributed by atoms with Crippen molar-refractivity contribution < 1.29 is 4.39 Å². The first kappa shape index (κ1) is 11.1. The number of hydrogen-bond donors (Lipinski definition) is 1. The normalized spacial score (nSPS) is 10.4. The highest BCUT2D eigenvalue weighted by atomic mass is 79.9. The van der Waals surface area contributed by atoms with Gasteiger partial charge in [0.15, 0.2) is 0 Å². The van der Waals surface area contributed by atoms with Crippen LogP contribution in [0.5, 0.6) is 0 Å². The maximum atomic E-state index is 13.1. The van der Waals surface area contributed by atoms with Crippen molar-refractivity contribution >= 4 is 15.9 Å². The van der Waals surface area contributed by atoms with E-state index in [0.717, 1.165) is 5.56 Å². The van der Waals surface area contributed by atoms with Gasteiger partial charge in [-0.1, -0.05) is 28.1 Å². The number of H-pyrrole nitrogens is 1. The predicted molar refractivity (Wildman–Crippen MR) is 65.1 cm³/mol. The minimum atomic E-state index is -0.346. The van der Waals surface area contributed by atoms with E-state index in [-0.39, 0.29) is 11.4 Å². The van der Waals surface area contributed by atoms with Crippen molar-refractivity contribution in [3.63, 3.8) is 0 Å². The molecule has 0 saturated carbocycles. The van der Waals surface area contributed by atoms with Gasteiger partial charge in [-0.3, -0.25) is 4.79 Å². The highest BCUT2D eigenvalue weighted by molar-refractivity contribution is 9.08. The van der Waals surface area contributed by atoms with Crippen LogP contribution in [0.1, 0.15) is 5.56 Å². The number of pyridine rings is 1. The zero-order valence-electron chi connectivity index (χ0n) is 8.34. The van der Waals surface area contributed by atoms with E-state index in [9.17, 15) is 9.18 Å². The molecule has 2 nitrogen and oxygen atoms in total. The molecule has 0 unspecified atom stereocenters. The van der Waals surface area contributed by atoms with Crippen molar-refractivity contribution in [1.29, 1.82) is 0 Å². The quantitative estimate of drug-likeness (QED) is 0.844. The maximum Gasteiger partial charge on any atom is 0.256 e. The van der Waals surface area contributed by atoms with E-state index in [1.807, 2.05) is 0 Å². The monoisotopic (exact) mass is 281 g/mol. The van der Waals surface area contributed by atoms with Crippen molar-refractivity contribution in [2.24, 2.45) is 0 Å². The summed E-state index contributed by atoms with van der Waals surface area (Å²) in [6, 6.07) is 7.83. The average Bonchev–Trinajstić information content (AvgIpc) is 2.28. The van der Waals surface area contributed by atoms with E-state index in [2.05, 4.69) is 20.9 Å². The summed E-state index contributed by atoms with van der Waals surface area (Å²) in [5.41, 5.74) is 1.74. The van der Waals surface area contributed by atoms with Gasteiger partial charge in [0.25, 0.3) is 5.56 Å². The summed E-state index contributed by atoms with van der Waals surface area (Å²) in [4.78, 5) is 14.3. The Morgan fingerprint density at radius 3 is 2.81 bits per heavy atom. The fourth-order valence-corrected chi connectivity index (χ4v) is 2.06. The molecule has 0 aliphatic heterocycles. The van der Waals surface area contributed by atoms with E-state index >= 15 is 0 Å². The minimum Gasteiger partial charge on any atom is -0.329 e. The van der Waals surface area contributed by atoms with Crippen LogP contribution in [-0.2, 0) is 5.33 Å². The van der Waals surface area contributed by atoms with Gasteiger partial charge in [-0.15, -0.1) is 0 Å². The second-order valence-electron chi connectivity index (χ2n) is 3.35. The van der Waals surface area contributed by atoms with Gasteiger partial charge in [0, 0.05) is 11.5 Å². The summed E-state index contributed by atoms with van der Waals surface area (Å²) < 4.78 is 13.1. The lowest BCUT2D eigenvalue weighted by molar-refractivity contribution is 0.628. The van der Waals surface area contributed by atoms with Crippen molar-refractivity contribution in [2.75, 3.05) is 0 Å². The summed E-state index contributed by atoms with van der Waals surface area (Å²) in [5, 5.41) is 0.558. The Hall–Kier alpha value is -1.42. The predicted octanol–water partition coefficient (Wildman–Crippen LogP) is 3.08. The number of rotatable bonds is 2. The van der Waals surface area contributed by atoms with Crippen LogP contribution in [0, 0.1) is 5.82 Å². The topological polar surface area (TPSA) is 32.9 Å². The molecule has 2 aromatic rings. The third-order valence-electron chi connectivity index (χ3n) is 2.30. The maximum absolute atomic E-state index is 13.1. The average molecular weight is 282 g/mol. The zero-order chi connectivity index (χ0) is 11.5. The highest BCUT2D eigenvalue weighted by Gasteiger charge is 2.08. The number of aromatic nitrogens is 1. The highest BCUT2D eigenvalue weighted by Crippen LogP contribution is 2.21. The molecule has 4 heteroatoms. The Morgan fingerprint density at radius 1 is 1.31 bits per heavy atom. The molecule has 0 atom stereocenters. The zero-order valence-corrected chi connectivity index (χ0v) is 9.92. The number of benzene rings is 1. The molecule has 1 heterocycles. The van der Waals surface area contributed by atoms with Crippen molar-refractivity contribution in [3.05, 3.63) is 58.3 Å². The van der Waals surface area contributed by atoms with Gasteiger partial charge in [-0.2, -0.15) is 0 Å². The molecule has 0 saturated heterocycles. The molecule has 0 aliphatic rings. The number of alkyl halides is 1. The lowest BCUT2D eigenvalue weighted by atomic mass is 10.0. The van der Waals surface area contributed by atoms with Gasteiger partial charge < -0.3 is 4.98 Å². The first-order valence-electron chi connectivity index (χ1n) is 4.75. The van der Waals surface area contributed by atoms with Crippen LogP contribution >= 0.6 is 15.9 Å². The fraction of sp³-hybridized carbons (Fsp3) is 0.0833. The molecule has 0 bridgehead atoms. The fourth-order valence-electron chi connectivity index (χ4n) is 1.59. The first-order valence-corrected chi connectivity index (χ1v) is 5.87. The Labute approximate surface area is 100 Å². The molecule has 1 N–H and O–H groups in total. The van der Waals surface area contributed by atoms with Gasteiger partial charge in [0.2, 0.25) is 0 Å². The summed E-state index contributed by atoms with van der Waals surface area (Å²) in [6.45, 7) is 0. The smallest absolute Gasteiger partial charge is 0.256 e. The SMILES string of the molecule is O=c1[nH]ccc(CBr)c1-c1cccc(F)c1. The van der Waals surface area contributed by atoms with Crippen LogP contribution < -0.4 is 5.56 Å². The Morgan fingerprint density at radius 2 is 2.12 bits per heavy atom. The number of hydrogen-bond acceptors (Lipinski definition) is 1. The summed E-state index contributed by atoms with van der Waals surface area (Å²) in [5.74, 6) is -0.346. The van der Waals surface area contributed by atoms with Crippen LogP contribution in [0.25, 0.3) is 11.1 Å². The van der Waals surface area contributed by atoms with E-state index in [1.54, 1.807) is 24.4 Å². The molecule has 1 aromatic carbocycles. The van der Waals surface area contributed by atoms with E-state index in [0.29, 0.717) is 16.5 Å². The van der Waals surface area contributed by atoms with Crippen LogP contribution in [0.15, 0.2) is 41.3 Å². The van der Waals surface area contributed by atoms with Gasteiger partial charge in [-0.25, -0.2) is 4.39 Å². The number of aromatic amines is 1. The molecule has 0 fully saturated rings. The molecule has 2 rings (SSSR count). The molecule has 0 radical (unpaired) electrons. The van der Waals surface area contributed by atoms with Gasteiger partial charge in [0.05, 0.1) is 5.56 Å². The molecular weight excluding hydrogens is 273 g/mol. The Balaban J connectivity index is 2.68. The second kappa shape index (κ2) is 4.61. The van der Waals surface area contributed by atoms with Crippen LogP contribution in [0.4, 0.5) is 4.39 Å². The van der Waals surface area contributed by atoms with Gasteiger partial charge in [0.1, 0.15) is 5.82 Å². The second-order valence-corrected chi connectivity index (χ2v) is 3.91. The van der Waals surface area contributed by atoms with Crippen LogP contribution in [0.3, 0.4) is 0 Å². The molecule has 16 heavy (non-hydrogen) atoms. The number of halogens is 2. The van der Waals surface area contributed by atoms with Crippen molar-refractivity contribution in [2.45, 2.75) is 5.33 Å². The van der Waals surface area contributed by atoms with Crippen LogP contribution in [-0.4, -0.2) is 4.98 Å². The Bertz CT molecular complexity index is 565. The van der Waals surface area contributed by atoms with Gasteiger partial charge >= 0.3 is 0 Å². The third kappa shape index (κ3) is 2.07. The Kier molecular flexibility index (Phi) is 3.19. The molecule has 82 valence electrons. The van der Waals surface area contributed by atoms with Crippen LogP contribution in [0.2, 0.25) is 0 Å². The van der Waals surface area contributed by atoms with Crippen molar-refractivity contribution in [3.8, 4) is 11.1 Å². The molecule has 1 aromatic heterocycles. The summed E-state index contributed by atoms with van der Waals surface area (Å²) in [6.07, 6.45) is 1.59. The largest absolute Gasteiger partial charge is 0.329 e. The van der Waals surface area contributed by atoms with Crippen molar-refractivity contribution in [1.82, 2.24) is 4.98 Å². The summed E-state index contributed by atoms with van der Waals surface area (Å²) in [7, 11) is 0. The number of nitrogens with one attached hydrogen (secondary N) is 1. The first-order chi connectivity index (χ1) is 7.72. The van der Waals surface area contributed by atoms with E-state index in [4.69, 9.17) is 0 Å². The standard InChI is InChI=1S/C12H9BrFNO/c13-7-9-4-5-15-12(16)11(9)8-2-1-3-10(14)6-8/h1-6H,7H2,(H,15,16). The van der Waals surface area contributed by atoms with E-state index in [1.165, 1.54) is 12.1 Å². The van der Waals surface area contributed by atoms with E-state index < -0.39 is 0 Å². The van der Waals surface area contributed by atoms with Gasteiger partial charge in [-0.05, 0) is 29.3 Å².